The lowest BCUT2D eigenvalue weighted by Crippen LogP contribution is -2.19. The highest BCUT2D eigenvalue weighted by molar-refractivity contribution is 6.15. The molecule has 3 aromatic carbocycles. The molecule has 34 heavy (non-hydrogen) atoms. The summed E-state index contributed by atoms with van der Waals surface area (Å²) in [6, 6.07) is 19.8. The van der Waals surface area contributed by atoms with Gasteiger partial charge in [0.2, 0.25) is 0 Å². The first-order valence-corrected chi connectivity index (χ1v) is 10.4. The summed E-state index contributed by atoms with van der Waals surface area (Å²) in [5, 5.41) is 23.5. The molecule has 0 atom stereocenters. The molecule has 0 aliphatic heterocycles. The summed E-state index contributed by atoms with van der Waals surface area (Å²) >= 11 is 0. The molecule has 0 radical (unpaired) electrons. The van der Waals surface area contributed by atoms with E-state index in [0.29, 0.717) is 40.5 Å². The Morgan fingerprint density at radius 3 is 2.18 bits per heavy atom. The number of aromatic nitrogens is 1. The summed E-state index contributed by atoms with van der Waals surface area (Å²) in [7, 11) is 3.93. The summed E-state index contributed by atoms with van der Waals surface area (Å²) in [5.41, 5.74) is 2.31. The van der Waals surface area contributed by atoms with Gasteiger partial charge in [-0.25, -0.2) is 0 Å². The van der Waals surface area contributed by atoms with E-state index in [1.165, 1.54) is 24.3 Å². The topological polar surface area (TPSA) is 96.0 Å². The molecule has 0 spiro atoms. The van der Waals surface area contributed by atoms with E-state index in [9.17, 15) is 15.0 Å². The highest BCUT2D eigenvalue weighted by Gasteiger charge is 2.26. The van der Waals surface area contributed by atoms with E-state index < -0.39 is 0 Å². The van der Waals surface area contributed by atoms with Gasteiger partial charge in [0.1, 0.15) is 29.5 Å². The van der Waals surface area contributed by atoms with Gasteiger partial charge in [-0.05, 0) is 74.8 Å². The van der Waals surface area contributed by atoms with E-state index >= 15 is 0 Å². The molecule has 1 aromatic heterocycles. The Morgan fingerprint density at radius 2 is 1.56 bits per heavy atom. The second-order valence-corrected chi connectivity index (χ2v) is 7.84. The van der Waals surface area contributed by atoms with Gasteiger partial charge in [0.05, 0.1) is 5.56 Å². The van der Waals surface area contributed by atoms with Crippen molar-refractivity contribution in [1.82, 2.24) is 10.1 Å². The normalized spacial score (nSPS) is 10.7. The van der Waals surface area contributed by atoms with Crippen LogP contribution in [0.3, 0.4) is 0 Å². The van der Waals surface area contributed by atoms with Crippen molar-refractivity contribution in [2.24, 2.45) is 0 Å². The molecule has 0 amide bonds. The van der Waals surface area contributed by atoms with Crippen LogP contribution in [0.5, 0.6) is 17.2 Å². The highest BCUT2D eigenvalue weighted by atomic mass is 35.5. The van der Waals surface area contributed by atoms with Crippen molar-refractivity contribution >= 4 is 18.2 Å². The van der Waals surface area contributed by atoms with Crippen molar-refractivity contribution in [2.45, 2.75) is 0 Å². The number of hydrogen-bond donors (Lipinski definition) is 2. The third-order valence-corrected chi connectivity index (χ3v) is 5.09. The van der Waals surface area contributed by atoms with Crippen LogP contribution in [-0.2, 0) is 0 Å². The minimum absolute atomic E-state index is 0. The summed E-state index contributed by atoms with van der Waals surface area (Å²) in [5.74, 6) is 0.822. The first-order chi connectivity index (χ1) is 15.9. The summed E-state index contributed by atoms with van der Waals surface area (Å²) < 4.78 is 11.4. The average Bonchev–Trinajstić information content (AvgIpc) is 3.24. The van der Waals surface area contributed by atoms with E-state index in [0.717, 1.165) is 6.54 Å². The van der Waals surface area contributed by atoms with Crippen LogP contribution in [0.2, 0.25) is 0 Å². The van der Waals surface area contributed by atoms with Gasteiger partial charge in [-0.1, -0.05) is 17.3 Å². The van der Waals surface area contributed by atoms with Crippen molar-refractivity contribution in [2.75, 3.05) is 27.2 Å². The number of carbonyl (C=O) groups excluding carboxylic acids is 1. The number of ketones is 1. The number of hydrogen-bond acceptors (Lipinski definition) is 7. The zero-order valence-corrected chi connectivity index (χ0v) is 19.6. The second kappa shape index (κ2) is 10.9. The van der Waals surface area contributed by atoms with Crippen molar-refractivity contribution in [1.29, 1.82) is 0 Å². The fraction of sp³-hybridized carbons (Fsp3) is 0.154. The van der Waals surface area contributed by atoms with Crippen molar-refractivity contribution in [3.8, 4) is 39.8 Å². The number of benzene rings is 3. The number of halogens is 1. The maximum atomic E-state index is 13.7. The molecule has 0 aliphatic rings. The zero-order chi connectivity index (χ0) is 23.4. The smallest absolute Gasteiger partial charge is 0.199 e. The van der Waals surface area contributed by atoms with Gasteiger partial charge in [-0.3, -0.25) is 4.79 Å². The molecule has 0 bridgehead atoms. The number of nitrogens with zero attached hydrogens (tertiary/aromatic N) is 2. The number of carbonyl (C=O) groups is 1. The van der Waals surface area contributed by atoms with E-state index in [1.54, 1.807) is 42.5 Å². The predicted octanol–water partition coefficient (Wildman–Crippen LogP) is 5.01. The molecule has 1 heterocycles. The number of likely N-dealkylation sites (N-methyl/N-ethyl adjacent to an activating group) is 1. The Balaban J connectivity index is 0.00000324. The maximum absolute atomic E-state index is 13.7. The van der Waals surface area contributed by atoms with E-state index in [1.807, 2.05) is 25.1 Å². The largest absolute Gasteiger partial charge is 0.508 e. The Kier molecular flexibility index (Phi) is 7.94. The van der Waals surface area contributed by atoms with Crippen LogP contribution >= 0.6 is 12.4 Å². The van der Waals surface area contributed by atoms with Crippen LogP contribution in [0, 0.1) is 0 Å². The Hall–Kier alpha value is -3.81. The lowest BCUT2D eigenvalue weighted by atomic mass is 9.95. The van der Waals surface area contributed by atoms with Crippen LogP contribution in [-0.4, -0.2) is 53.3 Å². The first-order valence-electron chi connectivity index (χ1n) is 10.4. The summed E-state index contributed by atoms with van der Waals surface area (Å²) in [6.07, 6.45) is 0. The predicted molar refractivity (Wildman–Crippen MR) is 132 cm³/mol. The standard InChI is InChI=1S/C26H24N2O5.ClH/c1-28(2)14-15-32-22-5-3-4-19(16-22)25(31)23-24(17-6-10-20(29)11-7-17)27-33-26(23)18-8-12-21(30)13-9-18;/h3-13,16,29-30H,14-15H2,1-2H3;1H. The fourth-order valence-electron chi connectivity index (χ4n) is 3.34. The molecule has 2 N–H and O–H groups in total. The number of phenolic OH excluding ortho intramolecular Hbond substituents is 2. The van der Waals surface area contributed by atoms with Gasteiger partial charge in [0, 0.05) is 23.2 Å². The van der Waals surface area contributed by atoms with Gasteiger partial charge in [-0.2, -0.15) is 0 Å². The van der Waals surface area contributed by atoms with E-state index in [2.05, 4.69) is 5.16 Å². The molecule has 4 rings (SSSR count). The van der Waals surface area contributed by atoms with Crippen LogP contribution in [0.15, 0.2) is 77.3 Å². The third-order valence-electron chi connectivity index (χ3n) is 5.09. The zero-order valence-electron chi connectivity index (χ0n) is 18.8. The van der Waals surface area contributed by atoms with Crippen LogP contribution in [0.4, 0.5) is 0 Å². The number of phenols is 2. The monoisotopic (exact) mass is 480 g/mol. The minimum atomic E-state index is -0.277. The highest BCUT2D eigenvalue weighted by Crippen LogP contribution is 2.35. The average molecular weight is 481 g/mol. The van der Waals surface area contributed by atoms with Crippen LogP contribution in [0.1, 0.15) is 15.9 Å². The van der Waals surface area contributed by atoms with Crippen molar-refractivity contribution < 1.29 is 24.3 Å². The first kappa shape index (κ1) is 24.8. The molecular formula is C26H25ClN2O5. The molecule has 0 saturated heterocycles. The second-order valence-electron chi connectivity index (χ2n) is 7.84. The van der Waals surface area contributed by atoms with Gasteiger partial charge in [0.25, 0.3) is 0 Å². The van der Waals surface area contributed by atoms with Gasteiger partial charge in [0.15, 0.2) is 11.5 Å². The summed E-state index contributed by atoms with van der Waals surface area (Å²) in [6.45, 7) is 1.25. The van der Waals surface area contributed by atoms with Gasteiger partial charge >= 0.3 is 0 Å². The third kappa shape index (κ3) is 5.57. The summed E-state index contributed by atoms with van der Waals surface area (Å²) in [4.78, 5) is 15.7. The lowest BCUT2D eigenvalue weighted by Gasteiger charge is -2.12. The van der Waals surface area contributed by atoms with Gasteiger partial charge in [-0.15, -0.1) is 12.4 Å². The van der Waals surface area contributed by atoms with Gasteiger partial charge < -0.3 is 24.4 Å². The maximum Gasteiger partial charge on any atom is 0.199 e. The molecule has 0 aliphatic carbocycles. The minimum Gasteiger partial charge on any atom is -0.508 e. The molecule has 0 saturated carbocycles. The Morgan fingerprint density at radius 1 is 0.941 bits per heavy atom. The Bertz CT molecular complexity index is 1190. The van der Waals surface area contributed by atoms with Crippen LogP contribution in [0.25, 0.3) is 22.6 Å². The number of rotatable bonds is 8. The molecular weight excluding hydrogens is 456 g/mol. The SMILES string of the molecule is CN(C)CCOc1cccc(C(=O)c2c(-c3ccc(O)cc3)noc2-c2ccc(O)cc2)c1.Cl. The van der Waals surface area contributed by atoms with E-state index in [-0.39, 0.29) is 35.3 Å². The van der Waals surface area contributed by atoms with E-state index in [4.69, 9.17) is 9.26 Å². The quantitative estimate of drug-likeness (QED) is 0.342. The molecule has 8 heteroatoms. The van der Waals surface area contributed by atoms with Crippen molar-refractivity contribution in [3.63, 3.8) is 0 Å². The Labute approximate surface area is 203 Å². The fourth-order valence-corrected chi connectivity index (χ4v) is 3.34. The lowest BCUT2D eigenvalue weighted by molar-refractivity contribution is 0.103. The number of ether oxygens (including phenoxy) is 1. The van der Waals surface area contributed by atoms with Crippen molar-refractivity contribution in [3.05, 3.63) is 83.9 Å². The molecule has 176 valence electrons. The number of aromatic hydroxyl groups is 2. The molecule has 0 unspecified atom stereocenters. The van der Waals surface area contributed by atoms with Crippen LogP contribution < -0.4 is 4.74 Å². The molecule has 7 nitrogen and oxygen atoms in total. The molecule has 4 aromatic rings. The molecule has 0 fully saturated rings.